The van der Waals surface area contributed by atoms with E-state index in [1.165, 1.54) is 11.9 Å². The van der Waals surface area contributed by atoms with E-state index in [-0.39, 0.29) is 37.9 Å². The number of amides is 6. The van der Waals surface area contributed by atoms with Crippen molar-refractivity contribution in [3.05, 3.63) is 24.3 Å². The Balaban J connectivity index is 1.78. The summed E-state index contributed by atoms with van der Waals surface area (Å²) in [5.41, 5.74) is 0.324. The number of nitrogens with zero attached hydrogens (tertiary/aromatic N) is 2. The number of hydrogen-bond donors (Lipinski definition) is 3. The molecular weight excluding hydrogens is 406 g/mol. The summed E-state index contributed by atoms with van der Waals surface area (Å²) in [6.07, 6.45) is -0.636. The van der Waals surface area contributed by atoms with Crippen LogP contribution in [0.4, 0.5) is 21.0 Å². The van der Waals surface area contributed by atoms with E-state index in [9.17, 15) is 24.0 Å². The molecule has 3 N–H and O–H groups in total. The molecule has 0 radical (unpaired) electrons. The maximum atomic E-state index is 12.1. The third-order valence-electron chi connectivity index (χ3n) is 4.04. The maximum absolute atomic E-state index is 12.1. The van der Waals surface area contributed by atoms with Gasteiger partial charge >= 0.3 is 12.1 Å². The fraction of sp³-hybridized carbons (Fsp3) is 0.450. The Kier molecular flexibility index (Phi) is 7.56. The highest BCUT2D eigenvalue weighted by Crippen LogP contribution is 2.14. The van der Waals surface area contributed by atoms with Crippen LogP contribution in [0.1, 0.15) is 27.2 Å². The number of likely N-dealkylation sites (N-methyl/N-ethyl adjacent to an activating group) is 1. The van der Waals surface area contributed by atoms with Crippen molar-refractivity contribution in [2.45, 2.75) is 32.8 Å². The molecule has 1 aliphatic heterocycles. The zero-order chi connectivity index (χ0) is 23.2. The summed E-state index contributed by atoms with van der Waals surface area (Å²) >= 11 is 0. The minimum absolute atomic E-state index is 0.00416. The molecule has 0 bridgehead atoms. The largest absolute Gasteiger partial charge is 0.444 e. The SMILES string of the molecule is CN(CC(=O)Nc1ccc(NC(=O)CCN2C(=O)CNC2=O)cc1)C(=O)OC(C)(C)C. The van der Waals surface area contributed by atoms with Crippen molar-refractivity contribution in [3.8, 4) is 0 Å². The lowest BCUT2D eigenvalue weighted by Gasteiger charge is -2.24. The van der Waals surface area contributed by atoms with Crippen molar-refractivity contribution in [1.82, 2.24) is 15.1 Å². The van der Waals surface area contributed by atoms with Gasteiger partial charge in [0.05, 0.1) is 6.54 Å². The van der Waals surface area contributed by atoms with Crippen LogP contribution in [-0.4, -0.2) is 71.9 Å². The van der Waals surface area contributed by atoms with Crippen LogP contribution in [0.15, 0.2) is 24.3 Å². The Morgan fingerprint density at radius 1 is 1.06 bits per heavy atom. The van der Waals surface area contributed by atoms with Gasteiger partial charge in [-0.25, -0.2) is 9.59 Å². The molecule has 6 amide bonds. The Morgan fingerprint density at radius 3 is 2.10 bits per heavy atom. The van der Waals surface area contributed by atoms with Gasteiger partial charge in [-0.15, -0.1) is 0 Å². The second-order valence-corrected chi connectivity index (χ2v) is 7.96. The highest BCUT2D eigenvalue weighted by molar-refractivity contribution is 6.02. The van der Waals surface area contributed by atoms with E-state index in [0.717, 1.165) is 4.90 Å². The topological polar surface area (TPSA) is 137 Å². The van der Waals surface area contributed by atoms with Gasteiger partial charge in [-0.2, -0.15) is 0 Å². The minimum atomic E-state index is -0.654. The zero-order valence-corrected chi connectivity index (χ0v) is 18.0. The predicted molar refractivity (Wildman–Crippen MR) is 112 cm³/mol. The highest BCUT2D eigenvalue weighted by atomic mass is 16.6. The van der Waals surface area contributed by atoms with Gasteiger partial charge in [-0.1, -0.05) is 0 Å². The van der Waals surface area contributed by atoms with Crippen molar-refractivity contribution in [2.75, 3.05) is 37.3 Å². The molecule has 0 unspecified atom stereocenters. The average Bonchev–Trinajstić information content (AvgIpc) is 2.98. The number of ether oxygens (including phenoxy) is 1. The van der Waals surface area contributed by atoms with Crippen LogP contribution >= 0.6 is 0 Å². The first-order valence-corrected chi connectivity index (χ1v) is 9.66. The molecule has 0 saturated carbocycles. The van der Waals surface area contributed by atoms with E-state index in [1.807, 2.05) is 0 Å². The molecule has 1 aromatic rings. The van der Waals surface area contributed by atoms with Gasteiger partial charge in [0.15, 0.2) is 0 Å². The van der Waals surface area contributed by atoms with Crippen LogP contribution in [-0.2, 0) is 19.1 Å². The molecule has 0 aromatic heterocycles. The summed E-state index contributed by atoms with van der Waals surface area (Å²) in [6.45, 7) is 4.97. The van der Waals surface area contributed by atoms with E-state index in [1.54, 1.807) is 45.0 Å². The molecule has 1 aliphatic rings. The van der Waals surface area contributed by atoms with Crippen molar-refractivity contribution < 1.29 is 28.7 Å². The molecule has 31 heavy (non-hydrogen) atoms. The van der Waals surface area contributed by atoms with E-state index in [0.29, 0.717) is 11.4 Å². The summed E-state index contributed by atoms with van der Waals surface area (Å²) in [5, 5.41) is 7.69. The molecule has 1 heterocycles. The van der Waals surface area contributed by atoms with Gasteiger partial charge in [-0.3, -0.25) is 19.3 Å². The fourth-order valence-electron chi connectivity index (χ4n) is 2.58. The summed E-state index contributed by atoms with van der Waals surface area (Å²) < 4.78 is 5.19. The standard InChI is InChI=1S/C20H27N5O6/c1-20(2,3)31-19(30)24(4)12-16(27)23-14-7-5-13(6-8-14)22-15(26)9-10-25-17(28)11-21-18(25)29/h5-8H,9-12H2,1-4H3,(H,21,29)(H,22,26)(H,23,27). The van der Waals surface area contributed by atoms with E-state index in [2.05, 4.69) is 16.0 Å². The monoisotopic (exact) mass is 433 g/mol. The van der Waals surface area contributed by atoms with Crippen molar-refractivity contribution in [1.29, 1.82) is 0 Å². The molecule has 0 atom stereocenters. The van der Waals surface area contributed by atoms with Crippen LogP contribution in [0, 0.1) is 0 Å². The maximum Gasteiger partial charge on any atom is 0.410 e. The van der Waals surface area contributed by atoms with Crippen molar-refractivity contribution in [3.63, 3.8) is 0 Å². The Bertz CT molecular complexity index is 846. The summed E-state index contributed by atoms with van der Waals surface area (Å²) in [4.78, 5) is 61.2. The summed E-state index contributed by atoms with van der Waals surface area (Å²) in [7, 11) is 1.46. The number of imide groups is 1. The predicted octanol–water partition coefficient (Wildman–Crippen LogP) is 1.37. The smallest absolute Gasteiger partial charge is 0.410 e. The first-order chi connectivity index (χ1) is 14.4. The van der Waals surface area contributed by atoms with Crippen LogP contribution in [0.2, 0.25) is 0 Å². The number of benzene rings is 1. The number of nitrogens with one attached hydrogen (secondary N) is 3. The summed E-state index contributed by atoms with van der Waals surface area (Å²) in [5.74, 6) is -1.13. The van der Waals surface area contributed by atoms with Crippen molar-refractivity contribution >= 4 is 41.2 Å². The first-order valence-electron chi connectivity index (χ1n) is 9.66. The normalized spacial score (nSPS) is 13.5. The third-order valence-corrected chi connectivity index (χ3v) is 4.04. The molecule has 1 saturated heterocycles. The molecule has 0 aliphatic carbocycles. The lowest BCUT2D eigenvalue weighted by atomic mass is 10.2. The van der Waals surface area contributed by atoms with Crippen LogP contribution < -0.4 is 16.0 Å². The van der Waals surface area contributed by atoms with Gasteiger partial charge in [0.1, 0.15) is 12.1 Å². The molecule has 11 heteroatoms. The second-order valence-electron chi connectivity index (χ2n) is 7.96. The lowest BCUT2D eigenvalue weighted by Crippen LogP contribution is -2.38. The Morgan fingerprint density at radius 2 is 1.61 bits per heavy atom. The molecule has 11 nitrogen and oxygen atoms in total. The second kappa shape index (κ2) is 9.92. The van der Waals surface area contributed by atoms with Gasteiger partial charge in [-0.05, 0) is 45.0 Å². The van der Waals surface area contributed by atoms with Crippen LogP contribution in [0.3, 0.4) is 0 Å². The van der Waals surface area contributed by atoms with E-state index in [4.69, 9.17) is 4.74 Å². The highest BCUT2D eigenvalue weighted by Gasteiger charge is 2.28. The van der Waals surface area contributed by atoms with Gasteiger partial charge in [0, 0.05) is 31.4 Å². The van der Waals surface area contributed by atoms with Crippen molar-refractivity contribution in [2.24, 2.45) is 0 Å². The molecule has 168 valence electrons. The number of carbonyl (C=O) groups excluding carboxylic acids is 5. The zero-order valence-electron chi connectivity index (χ0n) is 18.0. The average molecular weight is 433 g/mol. The molecular formula is C20H27N5O6. The third kappa shape index (κ3) is 7.61. The van der Waals surface area contributed by atoms with E-state index < -0.39 is 23.6 Å². The quantitative estimate of drug-likeness (QED) is 0.556. The molecule has 1 aromatic carbocycles. The van der Waals surface area contributed by atoms with Crippen LogP contribution in [0.25, 0.3) is 0 Å². The fourth-order valence-corrected chi connectivity index (χ4v) is 2.58. The number of anilines is 2. The summed E-state index contributed by atoms with van der Waals surface area (Å²) in [6, 6.07) is 5.88. The number of carbonyl (C=O) groups is 5. The van der Waals surface area contributed by atoms with Gasteiger partial charge in [0.2, 0.25) is 17.7 Å². The molecule has 2 rings (SSSR count). The molecule has 0 spiro atoms. The lowest BCUT2D eigenvalue weighted by molar-refractivity contribution is -0.125. The number of hydrogen-bond acceptors (Lipinski definition) is 6. The first kappa shape index (κ1) is 23.6. The van der Waals surface area contributed by atoms with Gasteiger partial charge < -0.3 is 25.6 Å². The molecule has 1 fully saturated rings. The number of urea groups is 1. The van der Waals surface area contributed by atoms with E-state index >= 15 is 0 Å². The Hall–Kier alpha value is -3.63. The van der Waals surface area contributed by atoms with Gasteiger partial charge in [0.25, 0.3) is 0 Å². The Labute approximate surface area is 180 Å². The number of rotatable bonds is 7. The van der Waals surface area contributed by atoms with Crippen LogP contribution in [0.5, 0.6) is 0 Å². The minimum Gasteiger partial charge on any atom is -0.444 e.